The molecule has 9 heteroatoms. The lowest BCUT2D eigenvalue weighted by Crippen LogP contribution is -2.12. The number of carbonyl (C=O) groups is 1. The van der Waals surface area contributed by atoms with Gasteiger partial charge in [-0.1, -0.05) is 60.6 Å². The Balaban J connectivity index is 1.24. The fourth-order valence-corrected chi connectivity index (χ4v) is 6.25. The lowest BCUT2D eigenvalue weighted by atomic mass is 9.90. The monoisotopic (exact) mass is 466 g/mol. The van der Waals surface area contributed by atoms with E-state index in [4.69, 9.17) is 0 Å². The highest BCUT2D eigenvalue weighted by Crippen LogP contribution is 2.35. The summed E-state index contributed by atoms with van der Waals surface area (Å²) in [5.41, 5.74) is 4.33. The SMILES string of the molecule is Cc1cc2nnc(SCCC(=O)Nc3nnc(C4CCCCC4)s3)n2c2c(C)cccc12. The van der Waals surface area contributed by atoms with Crippen molar-refractivity contribution in [2.45, 2.75) is 63.4 Å². The summed E-state index contributed by atoms with van der Waals surface area (Å²) in [5, 5.41) is 23.8. The molecular weight excluding hydrogens is 440 g/mol. The Morgan fingerprint density at radius 3 is 2.81 bits per heavy atom. The highest BCUT2D eigenvalue weighted by atomic mass is 32.2. The molecule has 1 aliphatic rings. The molecule has 32 heavy (non-hydrogen) atoms. The van der Waals surface area contributed by atoms with Gasteiger partial charge in [-0.05, 0) is 43.9 Å². The first kappa shape index (κ1) is 21.3. The molecule has 1 fully saturated rings. The standard InChI is InChI=1S/C23H26N6OS2/c1-14-7-6-10-17-15(2)13-18-25-28-23(29(18)20(14)17)31-12-11-19(30)24-22-27-26-21(32-22)16-8-4-3-5-9-16/h6-7,10,13,16H,3-5,8-9,11-12H2,1-2H3,(H,24,27,30). The molecule has 0 atom stereocenters. The third-order valence-corrected chi connectivity index (χ3v) is 8.02. The Hall–Kier alpha value is -2.52. The summed E-state index contributed by atoms with van der Waals surface area (Å²) in [6, 6.07) is 8.37. The fourth-order valence-electron chi connectivity index (χ4n) is 4.44. The van der Waals surface area contributed by atoms with Crippen LogP contribution in [0.1, 0.15) is 60.6 Å². The van der Waals surface area contributed by atoms with Gasteiger partial charge < -0.3 is 5.32 Å². The van der Waals surface area contributed by atoms with Crippen molar-refractivity contribution in [1.82, 2.24) is 24.8 Å². The molecule has 3 aromatic heterocycles. The Morgan fingerprint density at radius 2 is 1.97 bits per heavy atom. The summed E-state index contributed by atoms with van der Waals surface area (Å²) in [6.07, 6.45) is 6.57. The number of anilines is 1. The topological polar surface area (TPSA) is 85.1 Å². The molecule has 1 aromatic carbocycles. The minimum atomic E-state index is -0.0467. The molecule has 1 N–H and O–H groups in total. The van der Waals surface area contributed by atoms with E-state index in [1.54, 1.807) is 11.8 Å². The van der Waals surface area contributed by atoms with E-state index in [2.05, 4.69) is 68.2 Å². The molecule has 1 aliphatic carbocycles. The average molecular weight is 467 g/mol. The molecule has 3 heterocycles. The second-order valence-electron chi connectivity index (χ2n) is 8.40. The molecule has 0 unspecified atom stereocenters. The zero-order valence-electron chi connectivity index (χ0n) is 18.3. The lowest BCUT2D eigenvalue weighted by Gasteiger charge is -2.18. The Bertz CT molecular complexity index is 1270. The van der Waals surface area contributed by atoms with Gasteiger partial charge in [0.1, 0.15) is 5.01 Å². The number of nitrogens with zero attached hydrogens (tertiary/aromatic N) is 5. The van der Waals surface area contributed by atoms with E-state index >= 15 is 0 Å². The third-order valence-electron chi connectivity index (χ3n) is 6.09. The van der Waals surface area contributed by atoms with Crippen LogP contribution in [-0.2, 0) is 4.79 Å². The molecule has 0 bridgehead atoms. The number of hydrogen-bond donors (Lipinski definition) is 1. The lowest BCUT2D eigenvalue weighted by molar-refractivity contribution is -0.115. The summed E-state index contributed by atoms with van der Waals surface area (Å²) < 4.78 is 2.10. The van der Waals surface area contributed by atoms with Crippen LogP contribution >= 0.6 is 23.1 Å². The smallest absolute Gasteiger partial charge is 0.227 e. The Morgan fingerprint density at radius 1 is 1.12 bits per heavy atom. The number of aromatic nitrogens is 5. The average Bonchev–Trinajstić information content (AvgIpc) is 3.42. The Kier molecular flexibility index (Phi) is 6.10. The molecule has 1 amide bonds. The van der Waals surface area contributed by atoms with E-state index in [1.807, 2.05) is 0 Å². The number of aryl methyl sites for hydroxylation is 2. The van der Waals surface area contributed by atoms with Crippen LogP contribution in [0.15, 0.2) is 29.4 Å². The van der Waals surface area contributed by atoms with Gasteiger partial charge in [0.15, 0.2) is 10.8 Å². The molecule has 0 radical (unpaired) electrons. The summed E-state index contributed by atoms with van der Waals surface area (Å²) in [7, 11) is 0. The number of nitrogens with one attached hydrogen (secondary N) is 1. The second-order valence-corrected chi connectivity index (χ2v) is 10.5. The largest absolute Gasteiger partial charge is 0.301 e. The molecule has 4 aromatic rings. The predicted molar refractivity (Wildman–Crippen MR) is 130 cm³/mol. The quantitative estimate of drug-likeness (QED) is 0.377. The maximum absolute atomic E-state index is 12.5. The molecule has 1 saturated carbocycles. The van der Waals surface area contributed by atoms with Crippen LogP contribution in [0.3, 0.4) is 0 Å². The maximum atomic E-state index is 12.5. The fraction of sp³-hybridized carbons (Fsp3) is 0.435. The number of rotatable bonds is 6. The van der Waals surface area contributed by atoms with Gasteiger partial charge in [-0.25, -0.2) is 0 Å². The number of hydrogen-bond acceptors (Lipinski definition) is 7. The van der Waals surface area contributed by atoms with E-state index in [1.165, 1.54) is 60.0 Å². The molecule has 0 spiro atoms. The van der Waals surface area contributed by atoms with Crippen LogP contribution in [0.4, 0.5) is 5.13 Å². The number of pyridine rings is 1. The number of thioether (sulfide) groups is 1. The minimum absolute atomic E-state index is 0.0467. The van der Waals surface area contributed by atoms with E-state index in [0.717, 1.165) is 21.3 Å². The van der Waals surface area contributed by atoms with Gasteiger partial charge in [-0.15, -0.1) is 20.4 Å². The second kappa shape index (κ2) is 9.15. The summed E-state index contributed by atoms with van der Waals surface area (Å²) in [5.74, 6) is 1.07. The van der Waals surface area contributed by atoms with Gasteiger partial charge >= 0.3 is 0 Å². The molecule has 7 nitrogen and oxygen atoms in total. The van der Waals surface area contributed by atoms with E-state index in [9.17, 15) is 4.79 Å². The number of para-hydroxylation sites is 1. The van der Waals surface area contributed by atoms with Crippen molar-refractivity contribution in [1.29, 1.82) is 0 Å². The number of benzene rings is 1. The first-order chi connectivity index (χ1) is 15.6. The molecule has 0 aliphatic heterocycles. The zero-order valence-corrected chi connectivity index (χ0v) is 19.9. The predicted octanol–water partition coefficient (Wildman–Crippen LogP) is 5.52. The highest BCUT2D eigenvalue weighted by molar-refractivity contribution is 7.99. The summed E-state index contributed by atoms with van der Waals surface area (Å²) in [6.45, 7) is 4.20. The highest BCUT2D eigenvalue weighted by Gasteiger charge is 2.20. The van der Waals surface area contributed by atoms with Crippen LogP contribution in [0.25, 0.3) is 16.6 Å². The molecular formula is C23H26N6OS2. The third kappa shape index (κ3) is 4.23. The van der Waals surface area contributed by atoms with Crippen molar-refractivity contribution >= 4 is 50.7 Å². The Labute approximate surface area is 195 Å². The minimum Gasteiger partial charge on any atom is -0.301 e. The zero-order chi connectivity index (χ0) is 22.1. The van der Waals surface area contributed by atoms with E-state index < -0.39 is 0 Å². The molecule has 166 valence electrons. The summed E-state index contributed by atoms with van der Waals surface area (Å²) in [4.78, 5) is 12.5. The van der Waals surface area contributed by atoms with Gasteiger partial charge in [-0.3, -0.25) is 9.20 Å². The molecule has 5 rings (SSSR count). The first-order valence-electron chi connectivity index (χ1n) is 11.1. The first-order valence-corrected chi connectivity index (χ1v) is 12.9. The van der Waals surface area contributed by atoms with Gasteiger partial charge in [0.25, 0.3) is 0 Å². The van der Waals surface area contributed by atoms with Crippen molar-refractivity contribution in [3.8, 4) is 0 Å². The van der Waals surface area contributed by atoms with E-state index in [-0.39, 0.29) is 5.91 Å². The van der Waals surface area contributed by atoms with Crippen LogP contribution in [0, 0.1) is 13.8 Å². The summed E-state index contributed by atoms with van der Waals surface area (Å²) >= 11 is 3.07. The molecule has 0 saturated heterocycles. The van der Waals surface area contributed by atoms with Crippen molar-refractivity contribution in [3.63, 3.8) is 0 Å². The van der Waals surface area contributed by atoms with Crippen molar-refractivity contribution < 1.29 is 4.79 Å². The van der Waals surface area contributed by atoms with Gasteiger partial charge in [0.05, 0.1) is 5.52 Å². The van der Waals surface area contributed by atoms with E-state index in [0.29, 0.717) is 23.2 Å². The number of carbonyl (C=O) groups excluding carboxylic acids is 1. The van der Waals surface area contributed by atoms with Gasteiger partial charge in [-0.2, -0.15) is 0 Å². The van der Waals surface area contributed by atoms with Gasteiger partial charge in [0.2, 0.25) is 11.0 Å². The van der Waals surface area contributed by atoms with Crippen molar-refractivity contribution in [3.05, 3.63) is 40.4 Å². The van der Waals surface area contributed by atoms with Crippen LogP contribution < -0.4 is 5.32 Å². The van der Waals surface area contributed by atoms with Crippen LogP contribution in [-0.4, -0.2) is 36.5 Å². The van der Waals surface area contributed by atoms with Gasteiger partial charge in [0, 0.05) is 23.5 Å². The number of fused-ring (bicyclic) bond motifs is 3. The number of amides is 1. The normalized spacial score (nSPS) is 14.9. The maximum Gasteiger partial charge on any atom is 0.227 e. The van der Waals surface area contributed by atoms with Crippen molar-refractivity contribution in [2.75, 3.05) is 11.1 Å². The van der Waals surface area contributed by atoms with Crippen molar-refractivity contribution in [2.24, 2.45) is 0 Å². The van der Waals surface area contributed by atoms with Crippen LogP contribution in [0.2, 0.25) is 0 Å². The van der Waals surface area contributed by atoms with Crippen LogP contribution in [0.5, 0.6) is 0 Å².